The van der Waals surface area contributed by atoms with Crippen molar-refractivity contribution in [3.63, 3.8) is 0 Å². The van der Waals surface area contributed by atoms with E-state index in [1.165, 1.54) is 6.07 Å². The molecule has 0 unspecified atom stereocenters. The van der Waals surface area contributed by atoms with Gasteiger partial charge < -0.3 is 4.90 Å². The summed E-state index contributed by atoms with van der Waals surface area (Å²) in [6, 6.07) is 6.82. The molecule has 0 spiro atoms. The van der Waals surface area contributed by atoms with Gasteiger partial charge in [0, 0.05) is 7.05 Å². The Kier molecular flexibility index (Phi) is 2.86. The molecule has 0 saturated carbocycles. The van der Waals surface area contributed by atoms with E-state index in [9.17, 15) is 4.39 Å². The first-order valence-electron chi connectivity index (χ1n) is 3.99. The lowest BCUT2D eigenvalue weighted by molar-refractivity contribution is 0.624. The number of aryl methyl sites for hydroxylation is 1. The second-order valence-electron chi connectivity index (χ2n) is 2.97. The lowest BCUT2D eigenvalue weighted by Crippen LogP contribution is -2.18. The monoisotopic (exact) mass is 178 g/mol. The zero-order chi connectivity index (χ0) is 9.84. The fourth-order valence-electron chi connectivity index (χ4n) is 1.11. The third kappa shape index (κ3) is 2.19. The molecule has 1 rings (SSSR count). The Labute approximate surface area is 77.2 Å². The van der Waals surface area contributed by atoms with E-state index in [4.69, 9.17) is 5.26 Å². The Morgan fingerprint density at radius 1 is 1.54 bits per heavy atom. The summed E-state index contributed by atoms with van der Waals surface area (Å²) in [7, 11) is 1.70. The van der Waals surface area contributed by atoms with E-state index in [-0.39, 0.29) is 12.4 Å². The fourth-order valence-corrected chi connectivity index (χ4v) is 1.11. The first kappa shape index (κ1) is 9.53. The number of anilines is 1. The highest BCUT2D eigenvalue weighted by Crippen LogP contribution is 2.18. The van der Waals surface area contributed by atoms with Gasteiger partial charge in [0.25, 0.3) is 0 Å². The van der Waals surface area contributed by atoms with E-state index in [1.807, 2.05) is 13.0 Å². The van der Waals surface area contributed by atoms with E-state index >= 15 is 0 Å². The number of hydrogen-bond donors (Lipinski definition) is 0. The first-order valence-corrected chi connectivity index (χ1v) is 3.99. The Hall–Kier alpha value is -1.56. The largest absolute Gasteiger partial charge is 0.359 e. The van der Waals surface area contributed by atoms with E-state index in [1.54, 1.807) is 24.1 Å². The van der Waals surface area contributed by atoms with E-state index in [2.05, 4.69) is 0 Å². The molecule has 0 aliphatic rings. The van der Waals surface area contributed by atoms with Crippen LogP contribution in [0.1, 0.15) is 5.56 Å². The number of nitriles is 1. The lowest BCUT2D eigenvalue weighted by Gasteiger charge is -2.16. The zero-order valence-corrected chi connectivity index (χ0v) is 7.71. The van der Waals surface area contributed by atoms with Gasteiger partial charge in [-0.15, -0.1) is 0 Å². The number of benzene rings is 1. The minimum atomic E-state index is -0.289. The van der Waals surface area contributed by atoms with Crippen LogP contribution in [-0.4, -0.2) is 13.6 Å². The number of nitrogens with zero attached hydrogens (tertiary/aromatic N) is 2. The Morgan fingerprint density at radius 3 is 2.85 bits per heavy atom. The van der Waals surface area contributed by atoms with Crippen LogP contribution in [0.15, 0.2) is 18.2 Å². The molecule has 2 nitrogen and oxygen atoms in total. The van der Waals surface area contributed by atoms with E-state index in [0.29, 0.717) is 5.69 Å². The van der Waals surface area contributed by atoms with Crippen LogP contribution in [0, 0.1) is 24.1 Å². The summed E-state index contributed by atoms with van der Waals surface area (Å²) in [6.07, 6.45) is 0. The molecule has 0 atom stereocenters. The molecular formula is C10H11FN2. The van der Waals surface area contributed by atoms with Crippen molar-refractivity contribution >= 4 is 5.69 Å². The van der Waals surface area contributed by atoms with E-state index in [0.717, 1.165) is 5.56 Å². The quantitative estimate of drug-likeness (QED) is 0.648. The number of hydrogen-bond acceptors (Lipinski definition) is 2. The maximum atomic E-state index is 13.2. The van der Waals surface area contributed by atoms with Crippen LogP contribution in [0.5, 0.6) is 0 Å². The van der Waals surface area contributed by atoms with Crippen molar-refractivity contribution in [2.24, 2.45) is 0 Å². The van der Waals surface area contributed by atoms with Crippen LogP contribution in [-0.2, 0) is 0 Å². The van der Waals surface area contributed by atoms with Crippen molar-refractivity contribution in [3.8, 4) is 6.07 Å². The maximum Gasteiger partial charge on any atom is 0.146 e. The highest BCUT2D eigenvalue weighted by Gasteiger charge is 2.06. The van der Waals surface area contributed by atoms with Crippen molar-refractivity contribution < 1.29 is 4.39 Å². The summed E-state index contributed by atoms with van der Waals surface area (Å²) >= 11 is 0. The molecule has 68 valence electrons. The van der Waals surface area contributed by atoms with Gasteiger partial charge >= 0.3 is 0 Å². The molecular weight excluding hydrogens is 167 g/mol. The predicted octanol–water partition coefficient (Wildman–Crippen LogP) is 2.09. The van der Waals surface area contributed by atoms with Gasteiger partial charge in [0.15, 0.2) is 0 Å². The maximum absolute atomic E-state index is 13.2. The summed E-state index contributed by atoms with van der Waals surface area (Å²) in [5, 5.41) is 8.44. The standard InChI is InChI=1S/C10H11FN2/c1-8-3-4-9(11)10(7-8)13(2)6-5-12/h3-4,7H,6H2,1-2H3. The summed E-state index contributed by atoms with van der Waals surface area (Å²) in [5.74, 6) is -0.289. The Morgan fingerprint density at radius 2 is 2.23 bits per heavy atom. The van der Waals surface area contributed by atoms with Crippen LogP contribution >= 0.6 is 0 Å². The van der Waals surface area contributed by atoms with Crippen molar-refractivity contribution in [2.45, 2.75) is 6.92 Å². The smallest absolute Gasteiger partial charge is 0.146 e. The minimum Gasteiger partial charge on any atom is -0.359 e. The highest BCUT2D eigenvalue weighted by atomic mass is 19.1. The van der Waals surface area contributed by atoms with Gasteiger partial charge in [0.1, 0.15) is 12.4 Å². The van der Waals surface area contributed by atoms with Gasteiger partial charge in [0.05, 0.1) is 11.8 Å². The lowest BCUT2D eigenvalue weighted by atomic mass is 10.2. The average molecular weight is 178 g/mol. The normalized spacial score (nSPS) is 9.38. The Bertz CT molecular complexity index is 341. The van der Waals surface area contributed by atoms with Gasteiger partial charge in [0.2, 0.25) is 0 Å². The molecule has 0 aliphatic carbocycles. The molecule has 3 heteroatoms. The SMILES string of the molecule is Cc1ccc(F)c(N(C)CC#N)c1. The van der Waals surface area contributed by atoms with E-state index < -0.39 is 0 Å². The molecule has 13 heavy (non-hydrogen) atoms. The molecule has 0 saturated heterocycles. The molecule has 0 N–H and O–H groups in total. The summed E-state index contributed by atoms with van der Waals surface area (Å²) in [5.41, 5.74) is 1.46. The van der Waals surface area contributed by atoms with Crippen LogP contribution < -0.4 is 4.90 Å². The van der Waals surface area contributed by atoms with Crippen LogP contribution in [0.25, 0.3) is 0 Å². The third-order valence-corrected chi connectivity index (χ3v) is 1.82. The second kappa shape index (κ2) is 3.90. The van der Waals surface area contributed by atoms with Crippen molar-refractivity contribution in [2.75, 3.05) is 18.5 Å². The molecule has 1 aromatic rings. The van der Waals surface area contributed by atoms with Crippen LogP contribution in [0.4, 0.5) is 10.1 Å². The summed E-state index contributed by atoms with van der Waals surface area (Å²) in [4.78, 5) is 1.59. The minimum absolute atomic E-state index is 0.195. The second-order valence-corrected chi connectivity index (χ2v) is 2.97. The average Bonchev–Trinajstić information content (AvgIpc) is 2.09. The van der Waals surface area contributed by atoms with Crippen molar-refractivity contribution in [1.29, 1.82) is 5.26 Å². The summed E-state index contributed by atoms with van der Waals surface area (Å²) < 4.78 is 13.2. The molecule has 1 aromatic carbocycles. The van der Waals surface area contributed by atoms with Gasteiger partial charge in [-0.3, -0.25) is 0 Å². The fraction of sp³-hybridized carbons (Fsp3) is 0.300. The van der Waals surface area contributed by atoms with Gasteiger partial charge in [-0.1, -0.05) is 6.07 Å². The van der Waals surface area contributed by atoms with Gasteiger partial charge in [-0.05, 0) is 24.6 Å². The third-order valence-electron chi connectivity index (χ3n) is 1.82. The molecule has 0 aromatic heterocycles. The van der Waals surface area contributed by atoms with Crippen molar-refractivity contribution in [3.05, 3.63) is 29.6 Å². The summed E-state index contributed by atoms with van der Waals surface area (Å²) in [6.45, 7) is 2.09. The van der Waals surface area contributed by atoms with Crippen molar-refractivity contribution in [1.82, 2.24) is 0 Å². The van der Waals surface area contributed by atoms with Crippen LogP contribution in [0.2, 0.25) is 0 Å². The topological polar surface area (TPSA) is 27.0 Å². The first-order chi connectivity index (χ1) is 6.15. The number of rotatable bonds is 2. The molecule has 0 aliphatic heterocycles. The predicted molar refractivity (Wildman–Crippen MR) is 50.0 cm³/mol. The van der Waals surface area contributed by atoms with Gasteiger partial charge in [-0.25, -0.2) is 4.39 Å². The molecule has 0 radical (unpaired) electrons. The van der Waals surface area contributed by atoms with Crippen LogP contribution in [0.3, 0.4) is 0 Å². The Balaban J connectivity index is 3.00. The molecule has 0 fully saturated rings. The molecule has 0 amide bonds. The molecule has 0 heterocycles. The zero-order valence-electron chi connectivity index (χ0n) is 7.71. The van der Waals surface area contributed by atoms with Gasteiger partial charge in [-0.2, -0.15) is 5.26 Å². The highest BCUT2D eigenvalue weighted by molar-refractivity contribution is 5.49. The molecule has 0 bridgehead atoms. The number of halogens is 1.